The van der Waals surface area contributed by atoms with E-state index in [2.05, 4.69) is 5.48 Å². The van der Waals surface area contributed by atoms with Gasteiger partial charge in [-0.15, -0.1) is 0 Å². The maximum absolute atomic E-state index is 12.7. The average molecular weight is 392 g/mol. The van der Waals surface area contributed by atoms with Crippen LogP contribution < -0.4 is 5.48 Å². The van der Waals surface area contributed by atoms with Gasteiger partial charge >= 0.3 is 12.1 Å². The van der Waals surface area contributed by atoms with Gasteiger partial charge in [0, 0.05) is 20.1 Å². The lowest BCUT2D eigenvalue weighted by molar-refractivity contribution is -0.141. The zero-order valence-electron chi connectivity index (χ0n) is 15.6. The van der Waals surface area contributed by atoms with Crippen molar-refractivity contribution >= 4 is 18.0 Å². The second-order valence-electron chi connectivity index (χ2n) is 6.79. The number of hydroxylamine groups is 3. The van der Waals surface area contributed by atoms with Crippen molar-refractivity contribution in [3.8, 4) is 0 Å². The van der Waals surface area contributed by atoms with E-state index in [4.69, 9.17) is 14.8 Å². The summed E-state index contributed by atoms with van der Waals surface area (Å²) in [5.41, 5.74) is 3.27. The van der Waals surface area contributed by atoms with Crippen LogP contribution in [0, 0.1) is 0 Å². The van der Waals surface area contributed by atoms with Crippen molar-refractivity contribution in [2.75, 3.05) is 26.7 Å². The van der Waals surface area contributed by atoms with Crippen LogP contribution in [0.5, 0.6) is 0 Å². The molecule has 0 spiro atoms. The second kappa shape index (κ2) is 8.89. The van der Waals surface area contributed by atoms with Gasteiger partial charge in [-0.2, -0.15) is 5.06 Å². The fourth-order valence-electron chi connectivity index (χ4n) is 3.26. The highest BCUT2D eigenvalue weighted by Gasteiger charge is 2.48. The molecule has 152 valence electrons. The summed E-state index contributed by atoms with van der Waals surface area (Å²) in [6, 6.07) is 8.52. The number of hydrogen-bond donors (Lipinski definition) is 2. The highest BCUT2D eigenvalue weighted by Crippen LogP contribution is 2.30. The minimum atomic E-state index is -1.08. The number of nitrogens with zero attached hydrogens (tertiary/aromatic N) is 3. The molecule has 3 rings (SSSR count). The molecule has 10 nitrogen and oxygen atoms in total. The lowest BCUT2D eigenvalue weighted by atomic mass is 10.0. The molecule has 2 aliphatic rings. The molecule has 2 bridgehead atoms. The molecule has 1 aromatic carbocycles. The number of fused-ring (bicyclic) bond motifs is 2. The van der Waals surface area contributed by atoms with E-state index in [1.165, 1.54) is 17.0 Å². The van der Waals surface area contributed by atoms with E-state index in [0.29, 0.717) is 19.4 Å². The Morgan fingerprint density at radius 1 is 1.29 bits per heavy atom. The third kappa shape index (κ3) is 4.52. The second-order valence-corrected chi connectivity index (χ2v) is 6.79. The summed E-state index contributed by atoms with van der Waals surface area (Å²) in [5.74, 6) is -0.422. The van der Waals surface area contributed by atoms with Gasteiger partial charge in [-0.3, -0.25) is 14.5 Å². The van der Waals surface area contributed by atoms with Crippen molar-refractivity contribution in [3.05, 3.63) is 35.9 Å². The van der Waals surface area contributed by atoms with E-state index in [1.807, 2.05) is 30.3 Å². The van der Waals surface area contributed by atoms with Crippen LogP contribution in [0.2, 0.25) is 0 Å². The maximum Gasteiger partial charge on any atom is 0.407 e. The Hall–Kier alpha value is -2.85. The Morgan fingerprint density at radius 3 is 2.75 bits per heavy atom. The number of carboxylic acid groups (broad SMARTS) is 1. The molecule has 0 aliphatic carbocycles. The first-order valence-electron chi connectivity index (χ1n) is 9.09. The number of carbonyl (C=O) groups is 3. The molecule has 2 aliphatic heterocycles. The maximum atomic E-state index is 12.7. The molecular weight excluding hydrogens is 368 g/mol. The van der Waals surface area contributed by atoms with Crippen molar-refractivity contribution in [2.24, 2.45) is 0 Å². The number of benzene rings is 1. The van der Waals surface area contributed by atoms with Crippen LogP contribution in [0.1, 0.15) is 18.4 Å². The fourth-order valence-corrected chi connectivity index (χ4v) is 3.26. The molecule has 2 fully saturated rings. The predicted octanol–water partition coefficient (Wildman–Crippen LogP) is 1.04. The van der Waals surface area contributed by atoms with Gasteiger partial charge in [0.1, 0.15) is 12.6 Å². The van der Waals surface area contributed by atoms with Crippen LogP contribution in [-0.2, 0) is 21.1 Å². The number of urea groups is 1. The topological polar surface area (TPSA) is 112 Å². The van der Waals surface area contributed by atoms with Gasteiger partial charge in [0.05, 0.1) is 12.6 Å². The summed E-state index contributed by atoms with van der Waals surface area (Å²) in [7, 11) is 1.40. The molecule has 0 saturated carbocycles. The minimum Gasteiger partial charge on any atom is -0.465 e. The number of amides is 4. The molecule has 2 atom stereocenters. The van der Waals surface area contributed by atoms with Gasteiger partial charge in [-0.1, -0.05) is 30.3 Å². The molecule has 28 heavy (non-hydrogen) atoms. The number of carbonyl (C=O) groups excluding carboxylic acids is 2. The molecule has 2 saturated heterocycles. The van der Waals surface area contributed by atoms with Crippen LogP contribution in [0.25, 0.3) is 0 Å². The monoisotopic (exact) mass is 392 g/mol. The lowest BCUT2D eigenvalue weighted by Crippen LogP contribution is -2.50. The van der Waals surface area contributed by atoms with Crippen molar-refractivity contribution < 1.29 is 29.2 Å². The van der Waals surface area contributed by atoms with E-state index in [1.54, 1.807) is 0 Å². The molecule has 0 unspecified atom stereocenters. The fraction of sp³-hybridized carbons (Fsp3) is 0.500. The van der Waals surface area contributed by atoms with Crippen molar-refractivity contribution in [3.63, 3.8) is 0 Å². The van der Waals surface area contributed by atoms with Gasteiger partial charge in [-0.25, -0.2) is 15.1 Å². The average Bonchev–Trinajstić information content (AvgIpc) is 2.94. The zero-order chi connectivity index (χ0) is 20.1. The van der Waals surface area contributed by atoms with Crippen LogP contribution in [0.4, 0.5) is 9.59 Å². The minimum absolute atomic E-state index is 0.0180. The summed E-state index contributed by atoms with van der Waals surface area (Å²) in [5, 5.41) is 10.1. The van der Waals surface area contributed by atoms with Crippen LogP contribution in [-0.4, -0.2) is 76.8 Å². The smallest absolute Gasteiger partial charge is 0.407 e. The Balaban J connectivity index is 1.48. The Bertz CT molecular complexity index is 715. The zero-order valence-corrected chi connectivity index (χ0v) is 15.6. The van der Waals surface area contributed by atoms with Crippen molar-refractivity contribution in [1.82, 2.24) is 20.3 Å². The van der Waals surface area contributed by atoms with E-state index in [9.17, 15) is 14.4 Å². The van der Waals surface area contributed by atoms with Crippen LogP contribution >= 0.6 is 0 Å². The quantitative estimate of drug-likeness (QED) is 0.505. The first-order chi connectivity index (χ1) is 13.5. The van der Waals surface area contributed by atoms with Gasteiger partial charge < -0.3 is 14.9 Å². The van der Waals surface area contributed by atoms with E-state index in [-0.39, 0.29) is 31.8 Å². The summed E-state index contributed by atoms with van der Waals surface area (Å²) in [6.45, 7) is 0.845. The first-order valence-corrected chi connectivity index (χ1v) is 9.09. The molecular formula is C18H24N4O6. The van der Waals surface area contributed by atoms with E-state index in [0.717, 1.165) is 10.5 Å². The molecule has 2 N–H and O–H groups in total. The molecule has 10 heteroatoms. The summed E-state index contributed by atoms with van der Waals surface area (Å²) in [6.07, 6.45) is 0.0781. The van der Waals surface area contributed by atoms with Crippen LogP contribution in [0.15, 0.2) is 30.3 Å². The van der Waals surface area contributed by atoms with Gasteiger partial charge in [0.25, 0.3) is 5.91 Å². The van der Waals surface area contributed by atoms with Crippen LogP contribution in [0.3, 0.4) is 0 Å². The summed E-state index contributed by atoms with van der Waals surface area (Å²) < 4.78 is 0. The van der Waals surface area contributed by atoms with Gasteiger partial charge in [0.15, 0.2) is 0 Å². The standard InChI is InChI=1S/C18H24N4O6/c1-20(18(25)26)9-10-27-19-16(23)15-8-7-14-11-21(15)17(24)22(14)28-12-13-5-3-2-4-6-13/h2-6,14-15H,7-12H2,1H3,(H,19,23)(H,25,26)/t14-,15+/m1/s1. The highest BCUT2D eigenvalue weighted by atomic mass is 16.7. The Morgan fingerprint density at radius 2 is 2.04 bits per heavy atom. The number of hydrogen-bond acceptors (Lipinski definition) is 5. The normalized spacial score (nSPS) is 21.0. The first kappa shape index (κ1) is 19.9. The SMILES string of the molecule is CN(CCONC(=O)[C@@H]1CC[C@@H]2CN1C(=O)N2OCc1ccccc1)C(=O)O. The molecule has 4 amide bonds. The number of nitrogens with one attached hydrogen (secondary N) is 1. The lowest BCUT2D eigenvalue weighted by Gasteiger charge is -2.29. The van der Waals surface area contributed by atoms with Crippen molar-refractivity contribution in [2.45, 2.75) is 31.5 Å². The van der Waals surface area contributed by atoms with Crippen molar-refractivity contribution in [1.29, 1.82) is 0 Å². The van der Waals surface area contributed by atoms with E-state index >= 15 is 0 Å². The third-order valence-electron chi connectivity index (χ3n) is 4.87. The van der Waals surface area contributed by atoms with Gasteiger partial charge in [-0.05, 0) is 18.4 Å². The Kier molecular flexibility index (Phi) is 6.32. The van der Waals surface area contributed by atoms with Gasteiger partial charge in [0.2, 0.25) is 0 Å². The highest BCUT2D eigenvalue weighted by molar-refractivity contribution is 5.88. The number of rotatable bonds is 8. The molecule has 0 radical (unpaired) electrons. The number of piperidine rings is 1. The largest absolute Gasteiger partial charge is 0.465 e. The third-order valence-corrected chi connectivity index (χ3v) is 4.87. The molecule has 2 heterocycles. The summed E-state index contributed by atoms with van der Waals surface area (Å²) >= 11 is 0. The Labute approximate surface area is 162 Å². The van der Waals surface area contributed by atoms with E-state index < -0.39 is 18.0 Å². The summed E-state index contributed by atoms with van der Waals surface area (Å²) in [4.78, 5) is 49.0. The molecule has 0 aromatic heterocycles. The molecule has 1 aromatic rings. The number of likely N-dealkylation sites (N-methyl/N-ethyl adjacent to an activating group) is 1. The predicted molar refractivity (Wildman–Crippen MR) is 96.7 cm³/mol.